The van der Waals surface area contributed by atoms with Crippen molar-refractivity contribution in [3.63, 3.8) is 0 Å². The van der Waals surface area contributed by atoms with E-state index in [-0.39, 0.29) is 0 Å². The molecule has 0 fully saturated rings. The molecule has 0 aromatic heterocycles. The smallest absolute Gasteiger partial charge is 0.0981 e. The van der Waals surface area contributed by atoms with Gasteiger partial charge in [0.2, 0.25) is 0 Å². The lowest BCUT2D eigenvalue weighted by Gasteiger charge is -1.95. The minimum Gasteiger partial charge on any atom is -0.254 e. The van der Waals surface area contributed by atoms with Crippen LogP contribution in [0.25, 0.3) is 16.5 Å². The zero-order valence-corrected chi connectivity index (χ0v) is 8.51. The topological polar surface area (TPSA) is 24.7 Å². The van der Waals surface area contributed by atoms with Crippen molar-refractivity contribution in [3.8, 4) is 0 Å². The molecule has 0 N–H and O–H groups in total. The molecule has 2 aliphatic rings. The van der Waals surface area contributed by atoms with Crippen LogP contribution in [0, 0.1) is 0 Å². The molecule has 0 radical (unpaired) electrons. The molecule has 2 heterocycles. The van der Waals surface area contributed by atoms with Crippen molar-refractivity contribution in [2.24, 2.45) is 9.98 Å². The summed E-state index contributed by atoms with van der Waals surface area (Å²) in [5.41, 5.74) is 2.01. The van der Waals surface area contributed by atoms with Gasteiger partial charge in [0.05, 0.1) is 16.8 Å². The number of allylic oxidation sites excluding steroid dienone is 1. The van der Waals surface area contributed by atoms with Gasteiger partial charge in [0.1, 0.15) is 0 Å². The number of hydrogen-bond acceptors (Lipinski definition) is 2. The highest BCUT2D eigenvalue weighted by Gasteiger charge is 2.15. The molecular weight excluding hydrogens is 196 g/mol. The highest BCUT2D eigenvalue weighted by atomic mass is 14.9. The number of rotatable bonds is 0. The van der Waals surface area contributed by atoms with Crippen LogP contribution in [0.5, 0.6) is 0 Å². The summed E-state index contributed by atoms with van der Waals surface area (Å²) in [7, 11) is 0. The van der Waals surface area contributed by atoms with Crippen LogP contribution in [0.1, 0.15) is 0 Å². The van der Waals surface area contributed by atoms with E-state index in [0.717, 1.165) is 22.0 Å². The maximum Gasteiger partial charge on any atom is 0.0981 e. The molecule has 0 aliphatic carbocycles. The average molecular weight is 204 g/mol. The van der Waals surface area contributed by atoms with Crippen LogP contribution >= 0.6 is 0 Å². The van der Waals surface area contributed by atoms with Crippen LogP contribution in [-0.4, -0.2) is 6.21 Å². The molecule has 0 bridgehead atoms. The Balaban J connectivity index is 2.33. The Morgan fingerprint density at radius 1 is 0.938 bits per heavy atom. The second-order valence-corrected chi connectivity index (χ2v) is 3.97. The van der Waals surface area contributed by atoms with Gasteiger partial charge in [-0.3, -0.25) is 4.99 Å². The summed E-state index contributed by atoms with van der Waals surface area (Å²) >= 11 is 0. The first-order valence-corrected chi connectivity index (χ1v) is 5.29. The molecule has 0 unspecified atom stereocenters. The van der Waals surface area contributed by atoms with Crippen molar-refractivity contribution in [1.82, 2.24) is 0 Å². The van der Waals surface area contributed by atoms with Crippen molar-refractivity contribution >= 4 is 22.7 Å². The lowest BCUT2D eigenvalue weighted by molar-refractivity contribution is 1.35. The van der Waals surface area contributed by atoms with Gasteiger partial charge in [0, 0.05) is 16.8 Å². The highest BCUT2D eigenvalue weighted by Crippen LogP contribution is 2.20. The van der Waals surface area contributed by atoms with Gasteiger partial charge >= 0.3 is 0 Å². The number of nitrogens with zero attached hydrogens (tertiary/aromatic N) is 2. The SMILES string of the molecule is C1=NC2=c3ccc4ccccc4c3=NC2=C1. The molecule has 2 nitrogen and oxygen atoms in total. The van der Waals surface area contributed by atoms with E-state index in [0.29, 0.717) is 0 Å². The Kier molecular flexibility index (Phi) is 1.33. The quantitative estimate of drug-likeness (QED) is 0.622. The molecule has 0 saturated heterocycles. The summed E-state index contributed by atoms with van der Waals surface area (Å²) in [4.78, 5) is 8.99. The summed E-state index contributed by atoms with van der Waals surface area (Å²) in [6.45, 7) is 0. The van der Waals surface area contributed by atoms with Gasteiger partial charge < -0.3 is 0 Å². The van der Waals surface area contributed by atoms with Gasteiger partial charge in [0.15, 0.2) is 0 Å². The van der Waals surface area contributed by atoms with Crippen molar-refractivity contribution in [2.45, 2.75) is 0 Å². The summed E-state index contributed by atoms with van der Waals surface area (Å²) in [6.07, 6.45) is 3.77. The van der Waals surface area contributed by atoms with E-state index >= 15 is 0 Å². The minimum absolute atomic E-state index is 0.992. The van der Waals surface area contributed by atoms with Crippen LogP contribution in [0.4, 0.5) is 0 Å². The number of fused-ring (bicyclic) bond motifs is 4. The fraction of sp³-hybridized carbons (Fsp3) is 0. The van der Waals surface area contributed by atoms with Crippen LogP contribution in [0.2, 0.25) is 0 Å². The summed E-state index contributed by atoms with van der Waals surface area (Å²) in [5, 5.41) is 4.66. The molecule has 0 saturated carbocycles. The predicted octanol–water partition coefficient (Wildman–Crippen LogP) is 1.55. The van der Waals surface area contributed by atoms with E-state index in [1.54, 1.807) is 0 Å². The largest absolute Gasteiger partial charge is 0.254 e. The van der Waals surface area contributed by atoms with Crippen LogP contribution in [0.3, 0.4) is 0 Å². The van der Waals surface area contributed by atoms with Gasteiger partial charge in [-0.25, -0.2) is 4.99 Å². The van der Waals surface area contributed by atoms with E-state index in [1.165, 1.54) is 10.8 Å². The number of benzene rings is 2. The van der Waals surface area contributed by atoms with Crippen molar-refractivity contribution < 1.29 is 0 Å². The van der Waals surface area contributed by atoms with E-state index in [1.807, 2.05) is 12.3 Å². The van der Waals surface area contributed by atoms with Crippen LogP contribution in [-0.2, 0) is 0 Å². The molecular formula is C14H8N2. The lowest BCUT2D eigenvalue weighted by atomic mass is 10.1. The van der Waals surface area contributed by atoms with Gasteiger partial charge in [-0.1, -0.05) is 30.3 Å². The first-order chi connectivity index (χ1) is 7.93. The first kappa shape index (κ1) is 7.99. The molecule has 2 aromatic carbocycles. The molecule has 74 valence electrons. The summed E-state index contributed by atoms with van der Waals surface area (Å²) in [5.74, 6) is 0. The van der Waals surface area contributed by atoms with Gasteiger partial charge in [-0.2, -0.15) is 0 Å². The molecule has 0 amide bonds. The van der Waals surface area contributed by atoms with Crippen LogP contribution < -0.4 is 10.6 Å². The van der Waals surface area contributed by atoms with E-state index in [9.17, 15) is 0 Å². The van der Waals surface area contributed by atoms with Crippen molar-refractivity contribution in [3.05, 3.63) is 58.7 Å². The second kappa shape index (κ2) is 2.67. The van der Waals surface area contributed by atoms with Crippen molar-refractivity contribution in [1.29, 1.82) is 0 Å². The summed E-state index contributed by atoms with van der Waals surface area (Å²) < 4.78 is 0. The third-order valence-electron chi connectivity index (χ3n) is 3.07. The third-order valence-corrected chi connectivity index (χ3v) is 3.07. The number of hydrogen-bond donors (Lipinski definition) is 0. The monoisotopic (exact) mass is 204 g/mol. The molecule has 16 heavy (non-hydrogen) atoms. The summed E-state index contributed by atoms with van der Waals surface area (Å²) in [6, 6.07) is 12.6. The Morgan fingerprint density at radius 2 is 1.88 bits per heavy atom. The minimum atomic E-state index is 0.992. The Morgan fingerprint density at radius 3 is 2.88 bits per heavy atom. The van der Waals surface area contributed by atoms with E-state index in [4.69, 9.17) is 0 Å². The molecule has 0 atom stereocenters. The molecule has 2 heteroatoms. The lowest BCUT2D eigenvalue weighted by Crippen LogP contribution is -2.23. The third kappa shape index (κ3) is 0.865. The van der Waals surface area contributed by atoms with Crippen molar-refractivity contribution in [2.75, 3.05) is 0 Å². The fourth-order valence-corrected chi connectivity index (χ4v) is 2.31. The fourth-order valence-electron chi connectivity index (χ4n) is 2.31. The highest BCUT2D eigenvalue weighted by molar-refractivity contribution is 5.92. The second-order valence-electron chi connectivity index (χ2n) is 3.97. The maximum absolute atomic E-state index is 4.64. The van der Waals surface area contributed by atoms with E-state index in [2.05, 4.69) is 46.4 Å². The molecule has 2 aromatic rings. The van der Waals surface area contributed by atoms with Crippen LogP contribution in [0.15, 0.2) is 58.2 Å². The molecule has 0 spiro atoms. The normalized spacial score (nSPS) is 16.0. The zero-order chi connectivity index (χ0) is 10.5. The standard InChI is InChI=1S/C14H8N2/c1-2-4-10-9(3-1)5-6-11-13(10)16-12-7-8-15-14(11)12/h1-8H. The average Bonchev–Trinajstić information content (AvgIpc) is 2.88. The maximum atomic E-state index is 4.64. The van der Waals surface area contributed by atoms with Gasteiger partial charge in [0.25, 0.3) is 0 Å². The first-order valence-electron chi connectivity index (χ1n) is 5.29. The Labute approximate surface area is 92.0 Å². The Bertz CT molecular complexity index is 795. The zero-order valence-electron chi connectivity index (χ0n) is 8.51. The van der Waals surface area contributed by atoms with Gasteiger partial charge in [-0.15, -0.1) is 0 Å². The Hall–Kier alpha value is -2.22. The predicted molar refractivity (Wildman–Crippen MR) is 64.7 cm³/mol. The molecule has 4 rings (SSSR count). The van der Waals surface area contributed by atoms with Gasteiger partial charge in [-0.05, 0) is 17.5 Å². The van der Waals surface area contributed by atoms with E-state index < -0.39 is 0 Å². The number of aliphatic imine (C=N–C) groups is 1. The molecule has 2 aliphatic heterocycles.